The predicted molar refractivity (Wildman–Crippen MR) is 112 cm³/mol. The normalized spacial score (nSPS) is 10.5. The SMILES string of the molecule is COc1cc(N(CC=CC(=O)c2ccccc2)C(=O)N(C)C)cc(OC)c1OC. The maximum Gasteiger partial charge on any atom is 0.324 e. The van der Waals surface area contributed by atoms with Gasteiger partial charge in [-0.2, -0.15) is 0 Å². The quantitative estimate of drug-likeness (QED) is 0.502. The van der Waals surface area contributed by atoms with Crippen LogP contribution in [0.3, 0.4) is 0 Å². The average molecular weight is 398 g/mol. The molecule has 0 N–H and O–H groups in total. The second-order valence-corrected chi connectivity index (χ2v) is 6.30. The zero-order valence-corrected chi connectivity index (χ0v) is 17.3. The first-order valence-electron chi connectivity index (χ1n) is 8.97. The van der Waals surface area contributed by atoms with Crippen LogP contribution in [0.25, 0.3) is 0 Å². The summed E-state index contributed by atoms with van der Waals surface area (Å²) in [6.45, 7) is 0.189. The van der Waals surface area contributed by atoms with E-state index < -0.39 is 0 Å². The van der Waals surface area contributed by atoms with Crippen LogP contribution in [-0.2, 0) is 0 Å². The Balaban J connectivity index is 2.35. The fourth-order valence-corrected chi connectivity index (χ4v) is 2.72. The number of benzene rings is 2. The van der Waals surface area contributed by atoms with Crippen molar-refractivity contribution in [2.75, 3.05) is 46.9 Å². The molecule has 0 heterocycles. The molecule has 0 atom stereocenters. The third-order valence-electron chi connectivity index (χ3n) is 4.19. The van der Waals surface area contributed by atoms with E-state index in [1.165, 1.54) is 37.2 Å². The predicted octanol–water partition coefficient (Wildman–Crippen LogP) is 3.64. The topological polar surface area (TPSA) is 68.3 Å². The summed E-state index contributed by atoms with van der Waals surface area (Å²) in [5.74, 6) is 1.17. The smallest absolute Gasteiger partial charge is 0.324 e. The molecule has 0 fully saturated rings. The zero-order chi connectivity index (χ0) is 21.4. The lowest BCUT2D eigenvalue weighted by Gasteiger charge is -2.26. The minimum absolute atomic E-state index is 0.132. The Hall–Kier alpha value is -3.48. The highest BCUT2D eigenvalue weighted by atomic mass is 16.5. The highest BCUT2D eigenvalue weighted by Gasteiger charge is 2.21. The molecule has 0 bridgehead atoms. The number of methoxy groups -OCH3 is 3. The molecule has 0 aliphatic heterocycles. The Morgan fingerprint density at radius 3 is 2.00 bits per heavy atom. The van der Waals surface area contributed by atoms with Crippen molar-refractivity contribution in [1.29, 1.82) is 0 Å². The minimum Gasteiger partial charge on any atom is -0.493 e. The summed E-state index contributed by atoms with van der Waals surface area (Å²) in [6.07, 6.45) is 3.11. The van der Waals surface area contributed by atoms with Crippen molar-refractivity contribution in [2.45, 2.75) is 0 Å². The van der Waals surface area contributed by atoms with Gasteiger partial charge in [0, 0.05) is 38.3 Å². The molecule has 7 heteroatoms. The van der Waals surface area contributed by atoms with Crippen LogP contribution in [0, 0.1) is 0 Å². The van der Waals surface area contributed by atoms with E-state index in [1.54, 1.807) is 56.6 Å². The van der Waals surface area contributed by atoms with Crippen LogP contribution in [0.5, 0.6) is 17.2 Å². The number of rotatable bonds is 8. The number of amides is 2. The Kier molecular flexibility index (Phi) is 7.65. The van der Waals surface area contributed by atoms with Crippen molar-refractivity contribution in [2.24, 2.45) is 0 Å². The fourth-order valence-electron chi connectivity index (χ4n) is 2.72. The van der Waals surface area contributed by atoms with Gasteiger partial charge in [0.15, 0.2) is 17.3 Å². The summed E-state index contributed by atoms with van der Waals surface area (Å²) < 4.78 is 16.1. The van der Waals surface area contributed by atoms with E-state index in [4.69, 9.17) is 14.2 Å². The van der Waals surface area contributed by atoms with Crippen LogP contribution in [0.1, 0.15) is 10.4 Å². The second-order valence-electron chi connectivity index (χ2n) is 6.30. The first-order valence-corrected chi connectivity index (χ1v) is 8.97. The van der Waals surface area contributed by atoms with Crippen molar-refractivity contribution in [3.63, 3.8) is 0 Å². The monoisotopic (exact) mass is 398 g/mol. The Labute approximate surface area is 171 Å². The lowest BCUT2D eigenvalue weighted by molar-refractivity contribution is 0.104. The largest absolute Gasteiger partial charge is 0.493 e. The number of anilines is 1. The molecular weight excluding hydrogens is 372 g/mol. The Morgan fingerprint density at radius 1 is 0.931 bits per heavy atom. The first-order chi connectivity index (χ1) is 13.9. The molecule has 2 aromatic rings. The average Bonchev–Trinajstić information content (AvgIpc) is 2.75. The number of hydrogen-bond donors (Lipinski definition) is 0. The van der Waals surface area contributed by atoms with Crippen LogP contribution in [-0.4, -0.2) is 58.7 Å². The lowest BCUT2D eigenvalue weighted by Crippen LogP contribution is -2.39. The summed E-state index contributed by atoms with van der Waals surface area (Å²) in [4.78, 5) is 28.0. The molecule has 7 nitrogen and oxygen atoms in total. The van der Waals surface area contributed by atoms with Gasteiger partial charge in [-0.1, -0.05) is 36.4 Å². The third-order valence-corrected chi connectivity index (χ3v) is 4.19. The number of allylic oxidation sites excluding steroid dienone is 1. The fraction of sp³-hybridized carbons (Fsp3) is 0.273. The van der Waals surface area contributed by atoms with Gasteiger partial charge in [-0.15, -0.1) is 0 Å². The van der Waals surface area contributed by atoms with Gasteiger partial charge in [0.25, 0.3) is 0 Å². The van der Waals surface area contributed by atoms with Gasteiger partial charge >= 0.3 is 6.03 Å². The highest BCUT2D eigenvalue weighted by Crippen LogP contribution is 2.41. The van der Waals surface area contributed by atoms with Crippen molar-refractivity contribution in [3.05, 3.63) is 60.2 Å². The van der Waals surface area contributed by atoms with Crippen molar-refractivity contribution < 1.29 is 23.8 Å². The third kappa shape index (κ3) is 5.28. The number of ether oxygens (including phenoxy) is 3. The number of nitrogens with zero attached hydrogens (tertiary/aromatic N) is 2. The van der Waals surface area contributed by atoms with Crippen LogP contribution in [0.2, 0.25) is 0 Å². The van der Waals surface area contributed by atoms with Crippen LogP contribution >= 0.6 is 0 Å². The van der Waals surface area contributed by atoms with E-state index in [9.17, 15) is 9.59 Å². The molecule has 2 rings (SSSR count). The van der Waals surface area contributed by atoms with Gasteiger partial charge in [0.1, 0.15) is 0 Å². The molecule has 0 saturated heterocycles. The minimum atomic E-state index is -0.254. The van der Waals surface area contributed by atoms with E-state index in [-0.39, 0.29) is 18.4 Å². The van der Waals surface area contributed by atoms with E-state index in [1.807, 2.05) is 6.07 Å². The highest BCUT2D eigenvalue weighted by molar-refractivity contribution is 6.04. The van der Waals surface area contributed by atoms with Crippen molar-refractivity contribution in [3.8, 4) is 17.2 Å². The standard InChI is InChI=1S/C22H26N2O5/c1-23(2)22(26)24(13-9-12-18(25)16-10-7-6-8-11-16)17-14-19(27-3)21(29-5)20(15-17)28-4/h6-12,14-15H,13H2,1-5H3. The van der Waals surface area contributed by atoms with E-state index >= 15 is 0 Å². The first kappa shape index (κ1) is 21.8. The van der Waals surface area contributed by atoms with Crippen LogP contribution in [0.15, 0.2) is 54.6 Å². The molecule has 0 radical (unpaired) electrons. The summed E-state index contributed by atoms with van der Waals surface area (Å²) >= 11 is 0. The van der Waals surface area contributed by atoms with E-state index in [0.29, 0.717) is 28.5 Å². The molecule has 2 amide bonds. The van der Waals surface area contributed by atoms with Gasteiger partial charge in [-0.3, -0.25) is 9.69 Å². The molecule has 0 aliphatic carbocycles. The molecule has 0 saturated carbocycles. The molecule has 0 aliphatic rings. The van der Waals surface area contributed by atoms with Gasteiger partial charge in [-0.05, 0) is 6.08 Å². The number of hydrogen-bond acceptors (Lipinski definition) is 5. The molecule has 0 aromatic heterocycles. The zero-order valence-electron chi connectivity index (χ0n) is 17.3. The maximum absolute atomic E-state index is 12.8. The molecule has 0 unspecified atom stereocenters. The van der Waals surface area contributed by atoms with Gasteiger partial charge in [0.2, 0.25) is 5.75 Å². The van der Waals surface area contributed by atoms with Gasteiger partial charge < -0.3 is 19.1 Å². The summed E-state index contributed by atoms with van der Waals surface area (Å²) in [6, 6.07) is 12.1. The number of carbonyl (C=O) groups excluding carboxylic acids is 2. The maximum atomic E-state index is 12.8. The second kappa shape index (κ2) is 10.2. The Bertz CT molecular complexity index is 853. The number of carbonyl (C=O) groups is 2. The van der Waals surface area contributed by atoms with E-state index in [2.05, 4.69) is 0 Å². The van der Waals surface area contributed by atoms with Crippen molar-refractivity contribution >= 4 is 17.5 Å². The summed E-state index contributed by atoms with van der Waals surface area (Å²) in [7, 11) is 7.86. The number of urea groups is 1. The summed E-state index contributed by atoms with van der Waals surface area (Å²) in [5.41, 5.74) is 1.14. The molecule has 0 spiro atoms. The molecule has 2 aromatic carbocycles. The van der Waals surface area contributed by atoms with Gasteiger partial charge in [0.05, 0.1) is 27.0 Å². The van der Waals surface area contributed by atoms with Crippen LogP contribution in [0.4, 0.5) is 10.5 Å². The lowest BCUT2D eigenvalue weighted by atomic mass is 10.1. The van der Waals surface area contributed by atoms with Crippen molar-refractivity contribution in [1.82, 2.24) is 4.90 Å². The molecule has 29 heavy (non-hydrogen) atoms. The molecular formula is C22H26N2O5. The summed E-state index contributed by atoms with van der Waals surface area (Å²) in [5, 5.41) is 0. The molecule has 154 valence electrons. The Morgan fingerprint density at radius 2 is 1.52 bits per heavy atom. The number of ketones is 1. The van der Waals surface area contributed by atoms with E-state index in [0.717, 1.165) is 0 Å². The van der Waals surface area contributed by atoms with Gasteiger partial charge in [-0.25, -0.2) is 4.79 Å². The van der Waals surface area contributed by atoms with Crippen LogP contribution < -0.4 is 19.1 Å².